The van der Waals surface area contributed by atoms with Crippen molar-refractivity contribution in [2.45, 2.75) is 6.42 Å². The molecule has 2 N–H and O–H groups in total. The van der Waals surface area contributed by atoms with Crippen LogP contribution in [0.1, 0.15) is 5.82 Å². The van der Waals surface area contributed by atoms with Crippen molar-refractivity contribution >= 4 is 16.7 Å². The molecule has 0 atom stereocenters. The van der Waals surface area contributed by atoms with Gasteiger partial charge in [0.2, 0.25) is 0 Å². The number of para-hydroxylation sites is 3. The predicted molar refractivity (Wildman–Crippen MR) is 75.8 cm³/mol. The summed E-state index contributed by atoms with van der Waals surface area (Å²) in [5.41, 5.74) is 5.92. The molecule has 0 fully saturated rings. The van der Waals surface area contributed by atoms with Crippen molar-refractivity contribution in [3.05, 3.63) is 60.4 Å². The van der Waals surface area contributed by atoms with Crippen LogP contribution in [0.4, 0.5) is 5.69 Å². The number of H-pyrrole nitrogens is 1. The minimum atomic E-state index is 0.564. The Morgan fingerprint density at radius 3 is 2.63 bits per heavy atom. The average Bonchev–Trinajstić information content (AvgIpc) is 2.87. The first-order valence-corrected chi connectivity index (χ1v) is 6.28. The van der Waals surface area contributed by atoms with Gasteiger partial charge in [-0.15, -0.1) is 0 Å². The quantitative estimate of drug-likeness (QED) is 0.542. The van der Waals surface area contributed by atoms with Crippen molar-refractivity contribution in [2.75, 3.05) is 12.1 Å². The first-order chi connectivity index (χ1) is 9.42. The van der Waals surface area contributed by atoms with Gasteiger partial charge in [-0.1, -0.05) is 30.3 Å². The van der Waals surface area contributed by atoms with E-state index < -0.39 is 0 Å². The van der Waals surface area contributed by atoms with Crippen molar-refractivity contribution in [2.24, 2.45) is 0 Å². The molecule has 0 saturated carbocycles. The van der Waals surface area contributed by atoms with Crippen LogP contribution in [0.3, 0.4) is 0 Å². The summed E-state index contributed by atoms with van der Waals surface area (Å²) in [5, 5.41) is 0. The van der Waals surface area contributed by atoms with E-state index in [0.29, 0.717) is 6.61 Å². The second kappa shape index (κ2) is 5.54. The highest BCUT2D eigenvalue weighted by Crippen LogP contribution is 2.10. The van der Waals surface area contributed by atoms with E-state index in [1.54, 1.807) is 0 Å². The topological polar surface area (TPSA) is 49.9 Å². The number of nitrogens with zero attached hydrogens (tertiary/aromatic N) is 1. The molecule has 0 aliphatic carbocycles. The third-order valence-corrected chi connectivity index (χ3v) is 2.84. The molecule has 2 aromatic carbocycles. The lowest BCUT2D eigenvalue weighted by Gasteiger charge is -2.05. The number of anilines is 1. The van der Waals surface area contributed by atoms with E-state index in [9.17, 15) is 0 Å². The van der Waals surface area contributed by atoms with E-state index >= 15 is 0 Å². The Morgan fingerprint density at radius 2 is 1.79 bits per heavy atom. The molecule has 3 aromatic rings. The van der Waals surface area contributed by atoms with Gasteiger partial charge in [-0.25, -0.2) is 4.98 Å². The molecule has 4 heteroatoms. The van der Waals surface area contributed by atoms with Crippen LogP contribution in [-0.2, 0) is 11.3 Å². The molecule has 0 bridgehead atoms. The normalized spacial score (nSPS) is 10.7. The van der Waals surface area contributed by atoms with Gasteiger partial charge in [0.05, 0.1) is 23.3 Å². The van der Waals surface area contributed by atoms with E-state index in [2.05, 4.69) is 15.4 Å². The highest BCUT2D eigenvalue weighted by atomic mass is 16.6. The summed E-state index contributed by atoms with van der Waals surface area (Å²) in [4.78, 5) is 13.2. The lowest BCUT2D eigenvalue weighted by atomic mass is 10.3. The number of benzene rings is 2. The Morgan fingerprint density at radius 1 is 1.00 bits per heavy atom. The summed E-state index contributed by atoms with van der Waals surface area (Å²) in [5.74, 6) is 0.941. The van der Waals surface area contributed by atoms with Crippen LogP contribution in [0, 0.1) is 0 Å². The lowest BCUT2D eigenvalue weighted by Crippen LogP contribution is -2.05. The Kier molecular flexibility index (Phi) is 3.42. The van der Waals surface area contributed by atoms with E-state index in [1.807, 2.05) is 54.6 Å². The largest absolute Gasteiger partial charge is 0.342 e. The summed E-state index contributed by atoms with van der Waals surface area (Å²) in [6.07, 6.45) is 0.745. The molecule has 1 heterocycles. The van der Waals surface area contributed by atoms with Gasteiger partial charge in [0.15, 0.2) is 0 Å². The first-order valence-electron chi connectivity index (χ1n) is 6.28. The zero-order chi connectivity index (χ0) is 12.9. The average molecular weight is 253 g/mol. The van der Waals surface area contributed by atoms with Crippen molar-refractivity contribution in [1.82, 2.24) is 9.97 Å². The second-order valence-corrected chi connectivity index (χ2v) is 4.27. The van der Waals surface area contributed by atoms with Crippen LogP contribution in [-0.4, -0.2) is 16.6 Å². The molecule has 19 heavy (non-hydrogen) atoms. The van der Waals surface area contributed by atoms with E-state index in [-0.39, 0.29) is 0 Å². The fraction of sp³-hybridized carbons (Fsp3) is 0.133. The van der Waals surface area contributed by atoms with Gasteiger partial charge in [0, 0.05) is 6.42 Å². The summed E-state index contributed by atoms with van der Waals surface area (Å²) in [6, 6.07) is 17.8. The van der Waals surface area contributed by atoms with Gasteiger partial charge in [-0.05, 0) is 24.3 Å². The summed E-state index contributed by atoms with van der Waals surface area (Å²) in [6.45, 7) is 0.564. The Labute approximate surface area is 111 Å². The second-order valence-electron chi connectivity index (χ2n) is 4.27. The maximum Gasteiger partial charge on any atom is 0.109 e. The fourth-order valence-corrected chi connectivity index (χ4v) is 1.91. The molecule has 0 aliphatic rings. The molecule has 1 aromatic heterocycles. The van der Waals surface area contributed by atoms with Gasteiger partial charge in [-0.3, -0.25) is 10.3 Å². The summed E-state index contributed by atoms with van der Waals surface area (Å²) >= 11 is 0. The van der Waals surface area contributed by atoms with Gasteiger partial charge in [0.25, 0.3) is 0 Å². The molecular weight excluding hydrogens is 238 g/mol. The third kappa shape index (κ3) is 2.92. The van der Waals surface area contributed by atoms with Crippen LogP contribution in [0.5, 0.6) is 0 Å². The highest BCUT2D eigenvalue weighted by molar-refractivity contribution is 5.74. The minimum absolute atomic E-state index is 0.564. The van der Waals surface area contributed by atoms with Crippen LogP contribution >= 0.6 is 0 Å². The zero-order valence-electron chi connectivity index (χ0n) is 10.5. The molecule has 0 radical (unpaired) electrons. The lowest BCUT2D eigenvalue weighted by molar-refractivity contribution is 0.196. The molecule has 0 spiro atoms. The first kappa shape index (κ1) is 11.7. The summed E-state index contributed by atoms with van der Waals surface area (Å²) < 4.78 is 0. The van der Waals surface area contributed by atoms with Crippen molar-refractivity contribution < 1.29 is 4.84 Å². The standard InChI is InChI=1S/C15H15N3O/c1-2-6-12(7-3-1)18-19-11-10-15-16-13-8-4-5-9-14(13)17-15/h1-9,18H,10-11H2,(H,16,17). The van der Waals surface area contributed by atoms with Crippen LogP contribution in [0.25, 0.3) is 11.0 Å². The van der Waals surface area contributed by atoms with Crippen LogP contribution in [0.15, 0.2) is 54.6 Å². The highest BCUT2D eigenvalue weighted by Gasteiger charge is 2.01. The smallest absolute Gasteiger partial charge is 0.109 e. The zero-order valence-corrected chi connectivity index (χ0v) is 10.5. The van der Waals surface area contributed by atoms with Crippen molar-refractivity contribution in [1.29, 1.82) is 0 Å². The number of imidazole rings is 1. The number of rotatable bonds is 5. The molecule has 0 amide bonds. The van der Waals surface area contributed by atoms with Crippen molar-refractivity contribution in [3.8, 4) is 0 Å². The van der Waals surface area contributed by atoms with Crippen LogP contribution in [0.2, 0.25) is 0 Å². The number of hydrogen-bond donors (Lipinski definition) is 2. The van der Waals surface area contributed by atoms with Crippen LogP contribution < -0.4 is 5.48 Å². The molecule has 96 valence electrons. The maximum absolute atomic E-state index is 5.41. The minimum Gasteiger partial charge on any atom is -0.342 e. The number of nitrogens with one attached hydrogen (secondary N) is 2. The van der Waals surface area contributed by atoms with Gasteiger partial charge < -0.3 is 4.98 Å². The SMILES string of the molecule is c1ccc(NOCCc2nc3ccccc3[nH]2)cc1. The molecule has 0 aliphatic heterocycles. The summed E-state index contributed by atoms with van der Waals surface area (Å²) in [7, 11) is 0. The van der Waals surface area contributed by atoms with Gasteiger partial charge in [0.1, 0.15) is 5.82 Å². The number of aromatic nitrogens is 2. The Bertz CT molecular complexity index is 616. The predicted octanol–water partition coefficient (Wildman–Crippen LogP) is 3.15. The molecule has 4 nitrogen and oxygen atoms in total. The number of fused-ring (bicyclic) bond motifs is 1. The molecule has 0 unspecified atom stereocenters. The number of hydrogen-bond acceptors (Lipinski definition) is 3. The van der Waals surface area contributed by atoms with E-state index in [0.717, 1.165) is 29.0 Å². The fourth-order valence-electron chi connectivity index (χ4n) is 1.91. The maximum atomic E-state index is 5.41. The Balaban J connectivity index is 1.52. The monoisotopic (exact) mass is 253 g/mol. The third-order valence-electron chi connectivity index (χ3n) is 2.84. The van der Waals surface area contributed by atoms with Crippen molar-refractivity contribution in [3.63, 3.8) is 0 Å². The van der Waals surface area contributed by atoms with E-state index in [4.69, 9.17) is 4.84 Å². The molecule has 0 saturated heterocycles. The van der Waals surface area contributed by atoms with Gasteiger partial charge in [-0.2, -0.15) is 0 Å². The van der Waals surface area contributed by atoms with Gasteiger partial charge >= 0.3 is 0 Å². The van der Waals surface area contributed by atoms with E-state index in [1.165, 1.54) is 0 Å². The number of aromatic amines is 1. The Hall–Kier alpha value is -2.33. The molecule has 3 rings (SSSR count). The molecular formula is C15H15N3O.